The number of benzene rings is 1. The Morgan fingerprint density at radius 2 is 2.05 bits per heavy atom. The number of amides is 1. The van der Waals surface area contributed by atoms with Crippen molar-refractivity contribution in [2.75, 3.05) is 4.90 Å². The van der Waals surface area contributed by atoms with Crippen LogP contribution in [-0.4, -0.2) is 11.9 Å². The zero-order chi connectivity index (χ0) is 14.2. The van der Waals surface area contributed by atoms with Crippen molar-refractivity contribution in [3.63, 3.8) is 0 Å². The van der Waals surface area contributed by atoms with Gasteiger partial charge in [0, 0.05) is 17.1 Å². The van der Waals surface area contributed by atoms with Gasteiger partial charge in [-0.05, 0) is 37.0 Å². The zero-order valence-corrected chi connectivity index (χ0v) is 12.3. The predicted octanol–water partition coefficient (Wildman–Crippen LogP) is 4.20. The van der Waals surface area contributed by atoms with E-state index in [1.165, 1.54) is 43.7 Å². The molecule has 1 aromatic rings. The first-order valence-corrected chi connectivity index (χ1v) is 7.79. The number of hydrogen-bond acceptors (Lipinski definition) is 1. The largest absolute Gasteiger partial charge is 0.305 e. The van der Waals surface area contributed by atoms with Crippen molar-refractivity contribution in [2.45, 2.75) is 56.9 Å². The molecule has 20 heavy (non-hydrogen) atoms. The molecule has 1 aliphatic carbocycles. The van der Waals surface area contributed by atoms with Gasteiger partial charge in [-0.25, -0.2) is 0 Å². The second-order valence-corrected chi connectivity index (χ2v) is 6.07. The molecule has 1 atom stereocenters. The maximum Gasteiger partial charge on any atom is 0.250 e. The van der Waals surface area contributed by atoms with Gasteiger partial charge in [0.2, 0.25) is 0 Å². The highest BCUT2D eigenvalue weighted by Crippen LogP contribution is 2.53. The first-order valence-electron chi connectivity index (χ1n) is 7.79. The third kappa shape index (κ3) is 1.74. The summed E-state index contributed by atoms with van der Waals surface area (Å²) in [6.45, 7) is 5.89. The summed E-state index contributed by atoms with van der Waals surface area (Å²) in [4.78, 5) is 14.4. The van der Waals surface area contributed by atoms with E-state index in [1.807, 2.05) is 11.0 Å². The molecular weight excluding hydrogens is 246 g/mol. The minimum Gasteiger partial charge on any atom is -0.305 e. The van der Waals surface area contributed by atoms with E-state index >= 15 is 0 Å². The molecule has 2 aliphatic rings. The number of hydrogen-bond donors (Lipinski definition) is 0. The molecule has 0 N–H and O–H groups in total. The smallest absolute Gasteiger partial charge is 0.250 e. The van der Waals surface area contributed by atoms with Gasteiger partial charge in [-0.2, -0.15) is 0 Å². The fourth-order valence-electron chi connectivity index (χ4n) is 4.43. The highest BCUT2D eigenvalue weighted by atomic mass is 16.2. The number of fused-ring (bicyclic) bond motifs is 2. The van der Waals surface area contributed by atoms with E-state index in [0.717, 1.165) is 12.1 Å². The topological polar surface area (TPSA) is 20.3 Å². The van der Waals surface area contributed by atoms with Crippen LogP contribution in [0.2, 0.25) is 0 Å². The van der Waals surface area contributed by atoms with Crippen LogP contribution in [-0.2, 0) is 10.2 Å². The summed E-state index contributed by atoms with van der Waals surface area (Å²) >= 11 is 0. The maximum atomic E-state index is 12.4. The lowest BCUT2D eigenvalue weighted by Gasteiger charge is -2.41. The van der Waals surface area contributed by atoms with Gasteiger partial charge < -0.3 is 4.90 Å². The Labute approximate surface area is 121 Å². The van der Waals surface area contributed by atoms with E-state index in [4.69, 9.17) is 0 Å². The minimum absolute atomic E-state index is 0.0479. The molecule has 1 amide bonds. The summed E-state index contributed by atoms with van der Waals surface area (Å²) in [6.07, 6.45) is 8.78. The highest BCUT2D eigenvalue weighted by molar-refractivity contribution is 6.03. The Hall–Kier alpha value is -1.57. The molecule has 1 spiro atoms. The molecule has 1 heterocycles. The Morgan fingerprint density at radius 3 is 2.70 bits per heavy atom. The van der Waals surface area contributed by atoms with Gasteiger partial charge in [-0.3, -0.25) is 4.79 Å². The molecule has 3 rings (SSSR count). The van der Waals surface area contributed by atoms with Crippen LogP contribution in [0.5, 0.6) is 0 Å². The molecule has 0 bridgehead atoms. The third-order valence-corrected chi connectivity index (χ3v) is 5.19. The van der Waals surface area contributed by atoms with Crippen molar-refractivity contribution in [2.24, 2.45) is 0 Å². The number of anilines is 1. The lowest BCUT2D eigenvalue weighted by atomic mass is 9.66. The summed E-state index contributed by atoms with van der Waals surface area (Å²) in [5, 5.41) is 0. The van der Waals surface area contributed by atoms with Crippen LogP contribution in [0, 0.1) is 0 Å². The fourth-order valence-corrected chi connectivity index (χ4v) is 4.43. The predicted molar refractivity (Wildman–Crippen MR) is 83.0 cm³/mol. The van der Waals surface area contributed by atoms with E-state index in [1.54, 1.807) is 0 Å². The molecule has 0 aromatic heterocycles. The molecular formula is C18H23NO. The van der Waals surface area contributed by atoms with Crippen molar-refractivity contribution in [3.8, 4) is 0 Å². The summed E-state index contributed by atoms with van der Waals surface area (Å²) in [6, 6.07) is 8.79. The third-order valence-electron chi connectivity index (χ3n) is 5.19. The van der Waals surface area contributed by atoms with E-state index in [-0.39, 0.29) is 11.3 Å². The Morgan fingerprint density at radius 1 is 1.35 bits per heavy atom. The average Bonchev–Trinajstić information content (AvgIpc) is 2.77. The van der Waals surface area contributed by atoms with Crippen molar-refractivity contribution < 1.29 is 4.79 Å². The van der Waals surface area contributed by atoms with E-state index in [2.05, 4.69) is 31.7 Å². The number of carbonyl (C=O) groups is 1. The van der Waals surface area contributed by atoms with Crippen LogP contribution in [0.3, 0.4) is 0 Å². The molecule has 2 heteroatoms. The Kier molecular flexibility index (Phi) is 3.41. The zero-order valence-electron chi connectivity index (χ0n) is 12.3. The second-order valence-electron chi connectivity index (χ2n) is 6.07. The molecule has 106 valence electrons. The fraction of sp³-hybridized carbons (Fsp3) is 0.500. The van der Waals surface area contributed by atoms with Gasteiger partial charge in [-0.1, -0.05) is 51.0 Å². The normalized spacial score (nSPS) is 23.6. The van der Waals surface area contributed by atoms with Crippen LogP contribution in [0.15, 0.2) is 36.9 Å². The number of para-hydroxylation sites is 1. The molecule has 1 unspecified atom stereocenters. The maximum absolute atomic E-state index is 12.4. The summed E-state index contributed by atoms with van der Waals surface area (Å²) in [7, 11) is 0. The minimum atomic E-state index is 0.0479. The van der Waals surface area contributed by atoms with E-state index < -0.39 is 0 Å². The van der Waals surface area contributed by atoms with Crippen molar-refractivity contribution in [1.82, 2.24) is 0 Å². The number of rotatable bonds is 2. The van der Waals surface area contributed by atoms with Crippen LogP contribution >= 0.6 is 0 Å². The first-order chi connectivity index (χ1) is 9.74. The summed E-state index contributed by atoms with van der Waals surface area (Å²) in [5.74, 6) is 0.0479. The molecule has 1 aliphatic heterocycles. The number of carbonyl (C=O) groups excluding carboxylic acids is 1. The van der Waals surface area contributed by atoms with Gasteiger partial charge in [0.1, 0.15) is 0 Å². The van der Waals surface area contributed by atoms with Crippen LogP contribution < -0.4 is 4.90 Å². The van der Waals surface area contributed by atoms with Gasteiger partial charge in [0.25, 0.3) is 5.91 Å². The Bertz CT molecular complexity index is 528. The van der Waals surface area contributed by atoms with Crippen molar-refractivity contribution >= 4 is 11.6 Å². The summed E-state index contributed by atoms with van der Waals surface area (Å²) in [5.41, 5.74) is 2.69. The molecule has 0 saturated heterocycles. The molecule has 1 aromatic carbocycles. The van der Waals surface area contributed by atoms with Gasteiger partial charge >= 0.3 is 0 Å². The quantitative estimate of drug-likeness (QED) is 0.737. The van der Waals surface area contributed by atoms with Gasteiger partial charge in [-0.15, -0.1) is 0 Å². The van der Waals surface area contributed by atoms with Crippen molar-refractivity contribution in [1.29, 1.82) is 0 Å². The summed E-state index contributed by atoms with van der Waals surface area (Å²) < 4.78 is 0. The molecule has 1 saturated carbocycles. The van der Waals surface area contributed by atoms with Crippen LogP contribution in [0.25, 0.3) is 0 Å². The highest BCUT2D eigenvalue weighted by Gasteiger charge is 2.51. The first kappa shape index (κ1) is 13.4. The molecule has 2 nitrogen and oxygen atoms in total. The van der Waals surface area contributed by atoms with Crippen molar-refractivity contribution in [3.05, 3.63) is 42.5 Å². The lowest BCUT2D eigenvalue weighted by Crippen LogP contribution is -2.47. The standard InChI is InChI=1S/C18H23NO/c1-3-16-18(12-8-5-9-13-18)14-10-6-7-11-15(14)19(16)17(20)4-2/h4,6-7,10-11,16H,2-3,5,8-9,12-13H2,1H3. The monoisotopic (exact) mass is 269 g/mol. The molecule has 0 radical (unpaired) electrons. The number of nitrogens with zero attached hydrogens (tertiary/aromatic N) is 1. The van der Waals surface area contributed by atoms with Crippen LogP contribution in [0.1, 0.15) is 51.0 Å². The van der Waals surface area contributed by atoms with Gasteiger partial charge in [0.15, 0.2) is 0 Å². The van der Waals surface area contributed by atoms with Crippen LogP contribution in [0.4, 0.5) is 5.69 Å². The Balaban J connectivity index is 2.15. The second kappa shape index (κ2) is 5.08. The average molecular weight is 269 g/mol. The van der Waals surface area contributed by atoms with E-state index in [9.17, 15) is 4.79 Å². The van der Waals surface area contributed by atoms with Gasteiger partial charge in [0.05, 0.1) is 0 Å². The SMILES string of the molecule is C=CC(=O)N1c2ccccc2C2(CCCCC2)C1CC. The molecule has 1 fully saturated rings. The van der Waals surface area contributed by atoms with E-state index in [0.29, 0.717) is 6.04 Å². The lowest BCUT2D eigenvalue weighted by molar-refractivity contribution is -0.114.